The number of nitrogens with zero attached hydrogens (tertiary/aromatic N) is 3. The minimum absolute atomic E-state index is 0.252. The summed E-state index contributed by atoms with van der Waals surface area (Å²) < 4.78 is 0.826. The van der Waals surface area contributed by atoms with E-state index < -0.39 is 0 Å². The van der Waals surface area contributed by atoms with Crippen LogP contribution in [0.15, 0.2) is 22.7 Å². The number of carbonyl (C=O) groups excluding carboxylic acids is 1. The maximum Gasteiger partial charge on any atom is 0.276 e. The molecule has 0 bridgehead atoms. The summed E-state index contributed by atoms with van der Waals surface area (Å²) in [6, 6.07) is 3.11. The predicted octanol–water partition coefficient (Wildman–Crippen LogP) is 2.95. The lowest BCUT2D eigenvalue weighted by atomic mass is 10.3. The summed E-state index contributed by atoms with van der Waals surface area (Å²) in [5.41, 5.74) is 0.252. The average molecular weight is 301 g/mol. The van der Waals surface area contributed by atoms with E-state index in [2.05, 4.69) is 20.5 Å². The van der Waals surface area contributed by atoms with Crippen LogP contribution in [0.4, 0.5) is 5.13 Å². The second kappa shape index (κ2) is 6.12. The first kappa shape index (κ1) is 13.3. The zero-order valence-corrected chi connectivity index (χ0v) is 11.8. The Morgan fingerprint density at radius 2 is 2.39 bits per heavy atom. The van der Waals surface area contributed by atoms with Gasteiger partial charge in [0.15, 0.2) is 4.34 Å². The van der Waals surface area contributed by atoms with Gasteiger partial charge < -0.3 is 0 Å². The van der Waals surface area contributed by atoms with Gasteiger partial charge in [0.25, 0.3) is 5.91 Å². The van der Waals surface area contributed by atoms with E-state index in [1.807, 2.05) is 6.92 Å². The topological polar surface area (TPSA) is 67.8 Å². The number of anilines is 1. The summed E-state index contributed by atoms with van der Waals surface area (Å²) in [6.07, 6.45) is 1.48. The summed E-state index contributed by atoms with van der Waals surface area (Å²) in [5.74, 6) is 0.569. The number of carbonyl (C=O) groups is 1. The molecule has 18 heavy (non-hydrogen) atoms. The maximum absolute atomic E-state index is 11.8. The maximum atomic E-state index is 11.8. The lowest BCUT2D eigenvalue weighted by Gasteiger charge is -1.99. The van der Waals surface area contributed by atoms with Crippen molar-refractivity contribution in [2.24, 2.45) is 0 Å². The van der Waals surface area contributed by atoms with E-state index in [0.717, 1.165) is 10.1 Å². The Labute approximate surface area is 117 Å². The van der Waals surface area contributed by atoms with E-state index in [9.17, 15) is 4.79 Å². The molecular weight excluding hydrogens is 292 g/mol. The Bertz CT molecular complexity index is 560. The Kier molecular flexibility index (Phi) is 4.51. The Morgan fingerprint density at radius 3 is 3.11 bits per heavy atom. The molecule has 2 rings (SSSR count). The Hall–Kier alpha value is -1.18. The van der Waals surface area contributed by atoms with Crippen LogP contribution >= 0.6 is 34.7 Å². The molecule has 0 atom stereocenters. The van der Waals surface area contributed by atoms with Crippen molar-refractivity contribution < 1.29 is 4.79 Å². The van der Waals surface area contributed by atoms with Crippen molar-refractivity contribution in [3.63, 3.8) is 0 Å². The molecule has 1 N–H and O–H groups in total. The number of hydrogen-bond acceptors (Lipinski definition) is 6. The van der Waals surface area contributed by atoms with Crippen LogP contribution in [0, 0.1) is 0 Å². The van der Waals surface area contributed by atoms with Crippen LogP contribution in [-0.2, 0) is 0 Å². The molecule has 0 spiro atoms. The van der Waals surface area contributed by atoms with Gasteiger partial charge in [-0.2, -0.15) is 0 Å². The van der Waals surface area contributed by atoms with Crippen LogP contribution in [0.1, 0.15) is 17.4 Å². The normalized spacial score (nSPS) is 10.3. The van der Waals surface area contributed by atoms with E-state index in [1.54, 1.807) is 17.8 Å². The third-order valence-electron chi connectivity index (χ3n) is 1.85. The molecule has 0 radical (unpaired) electrons. The van der Waals surface area contributed by atoms with E-state index in [-0.39, 0.29) is 11.6 Å². The van der Waals surface area contributed by atoms with Gasteiger partial charge in [-0.05, 0) is 17.9 Å². The van der Waals surface area contributed by atoms with E-state index in [0.29, 0.717) is 10.2 Å². The molecule has 0 aliphatic heterocycles. The summed E-state index contributed by atoms with van der Waals surface area (Å²) in [4.78, 5) is 15.8. The number of hydrogen-bond donors (Lipinski definition) is 1. The smallest absolute Gasteiger partial charge is 0.276 e. The highest BCUT2D eigenvalue weighted by Crippen LogP contribution is 2.25. The van der Waals surface area contributed by atoms with Crippen LogP contribution in [0.5, 0.6) is 0 Å². The number of halogens is 1. The fourth-order valence-electron chi connectivity index (χ4n) is 1.13. The van der Waals surface area contributed by atoms with Gasteiger partial charge in [0.2, 0.25) is 5.13 Å². The van der Waals surface area contributed by atoms with Crippen molar-refractivity contribution in [3.05, 3.63) is 29.0 Å². The number of rotatable bonds is 4. The molecular formula is C10H9ClN4OS2. The summed E-state index contributed by atoms with van der Waals surface area (Å²) in [6.45, 7) is 2.03. The number of pyridine rings is 1. The van der Waals surface area contributed by atoms with E-state index >= 15 is 0 Å². The number of amides is 1. The molecule has 0 unspecified atom stereocenters. The quantitative estimate of drug-likeness (QED) is 0.694. The van der Waals surface area contributed by atoms with Crippen LogP contribution in [-0.4, -0.2) is 26.8 Å². The third-order valence-corrected chi connectivity index (χ3v) is 3.94. The molecule has 2 heterocycles. The van der Waals surface area contributed by atoms with E-state index in [1.165, 1.54) is 23.6 Å². The largest absolute Gasteiger partial charge is 0.295 e. The van der Waals surface area contributed by atoms with Crippen LogP contribution < -0.4 is 5.32 Å². The monoisotopic (exact) mass is 300 g/mol. The fourth-order valence-corrected chi connectivity index (χ4v) is 2.94. The van der Waals surface area contributed by atoms with Gasteiger partial charge in [0.05, 0.1) is 0 Å². The highest BCUT2D eigenvalue weighted by atomic mass is 35.5. The molecule has 0 saturated heterocycles. The molecule has 2 aromatic rings. The van der Waals surface area contributed by atoms with Gasteiger partial charge in [-0.25, -0.2) is 0 Å². The molecule has 1 amide bonds. The zero-order chi connectivity index (χ0) is 13.0. The minimum Gasteiger partial charge on any atom is -0.295 e. The van der Waals surface area contributed by atoms with Gasteiger partial charge in [-0.1, -0.05) is 41.6 Å². The molecule has 0 aliphatic carbocycles. The highest BCUT2D eigenvalue weighted by molar-refractivity contribution is 8.01. The van der Waals surface area contributed by atoms with Gasteiger partial charge >= 0.3 is 0 Å². The average Bonchev–Trinajstić information content (AvgIpc) is 2.77. The first-order chi connectivity index (χ1) is 8.69. The molecule has 94 valence electrons. The Morgan fingerprint density at radius 1 is 1.56 bits per heavy atom. The van der Waals surface area contributed by atoms with Crippen molar-refractivity contribution >= 4 is 45.7 Å². The summed E-state index contributed by atoms with van der Waals surface area (Å²) in [5, 5.41) is 11.4. The van der Waals surface area contributed by atoms with Crippen molar-refractivity contribution in [3.8, 4) is 0 Å². The molecule has 0 aliphatic rings. The van der Waals surface area contributed by atoms with Gasteiger partial charge in [0, 0.05) is 11.2 Å². The lowest BCUT2D eigenvalue weighted by Crippen LogP contribution is -2.13. The third kappa shape index (κ3) is 3.41. The van der Waals surface area contributed by atoms with Gasteiger partial charge in [-0.15, -0.1) is 10.2 Å². The molecule has 8 heteroatoms. The number of aromatic nitrogens is 3. The minimum atomic E-state index is -0.346. The standard InChI is InChI=1S/C10H9ClN4OS2/c1-2-17-10-15-14-9(18-10)13-8(16)7-5-6(11)3-4-12-7/h3-5H,2H2,1H3,(H,13,14,16). The first-order valence-corrected chi connectivity index (χ1v) is 7.26. The predicted molar refractivity (Wildman–Crippen MR) is 73.5 cm³/mol. The van der Waals surface area contributed by atoms with Crippen LogP contribution in [0.3, 0.4) is 0 Å². The molecule has 0 saturated carbocycles. The van der Waals surface area contributed by atoms with Gasteiger partial charge in [-0.3, -0.25) is 15.1 Å². The second-order valence-corrected chi connectivity index (χ2v) is 6.04. The molecule has 2 aromatic heterocycles. The van der Waals surface area contributed by atoms with Crippen molar-refractivity contribution in [2.75, 3.05) is 11.1 Å². The summed E-state index contributed by atoms with van der Waals surface area (Å²) >= 11 is 8.70. The van der Waals surface area contributed by atoms with E-state index in [4.69, 9.17) is 11.6 Å². The SMILES string of the molecule is CCSc1nnc(NC(=O)c2cc(Cl)ccn2)s1. The summed E-state index contributed by atoms with van der Waals surface area (Å²) in [7, 11) is 0. The van der Waals surface area contributed by atoms with Gasteiger partial charge in [0.1, 0.15) is 5.69 Å². The first-order valence-electron chi connectivity index (χ1n) is 5.08. The number of thioether (sulfide) groups is 1. The molecule has 0 aromatic carbocycles. The Balaban J connectivity index is 2.06. The van der Waals surface area contributed by atoms with Crippen LogP contribution in [0.25, 0.3) is 0 Å². The van der Waals surface area contributed by atoms with Crippen molar-refractivity contribution in [1.29, 1.82) is 0 Å². The zero-order valence-electron chi connectivity index (χ0n) is 9.38. The number of nitrogens with one attached hydrogen (secondary N) is 1. The fraction of sp³-hybridized carbons (Fsp3) is 0.200. The molecule has 0 fully saturated rings. The lowest BCUT2D eigenvalue weighted by molar-refractivity contribution is 0.102. The second-order valence-electron chi connectivity index (χ2n) is 3.12. The van der Waals surface area contributed by atoms with Crippen LogP contribution in [0.2, 0.25) is 5.02 Å². The highest BCUT2D eigenvalue weighted by Gasteiger charge is 2.11. The molecule has 5 nitrogen and oxygen atoms in total. The van der Waals surface area contributed by atoms with Crippen molar-refractivity contribution in [1.82, 2.24) is 15.2 Å². The van der Waals surface area contributed by atoms with Crippen molar-refractivity contribution in [2.45, 2.75) is 11.3 Å².